The first-order valence-corrected chi connectivity index (χ1v) is 7.97. The molecule has 0 fully saturated rings. The van der Waals surface area contributed by atoms with Gasteiger partial charge in [0, 0.05) is 18.3 Å². The molecule has 0 atom stereocenters. The SMILES string of the molecule is CCOC(=O)c1cnc2nc(N(C(C)C)C(C)C)sc2c1. The summed E-state index contributed by atoms with van der Waals surface area (Å²) in [6.07, 6.45) is 1.53. The van der Waals surface area contributed by atoms with Gasteiger partial charge in [-0.05, 0) is 40.7 Å². The molecule has 0 unspecified atom stereocenters. The lowest BCUT2D eigenvalue weighted by atomic mass is 10.2. The van der Waals surface area contributed by atoms with Crippen LogP contribution in [0.15, 0.2) is 12.3 Å². The molecule has 0 bridgehead atoms. The number of ether oxygens (including phenoxy) is 1. The Hall–Kier alpha value is -1.69. The van der Waals surface area contributed by atoms with Crippen LogP contribution in [0.25, 0.3) is 10.3 Å². The monoisotopic (exact) mass is 307 g/mol. The molecule has 0 aromatic carbocycles. The second-order valence-electron chi connectivity index (χ2n) is 5.36. The van der Waals surface area contributed by atoms with E-state index in [0.717, 1.165) is 9.83 Å². The smallest absolute Gasteiger partial charge is 0.339 e. The highest BCUT2D eigenvalue weighted by Gasteiger charge is 2.19. The number of rotatable bonds is 5. The summed E-state index contributed by atoms with van der Waals surface area (Å²) in [5.74, 6) is -0.341. The van der Waals surface area contributed by atoms with Crippen molar-refractivity contribution in [3.8, 4) is 0 Å². The van der Waals surface area contributed by atoms with Crippen molar-refractivity contribution in [2.45, 2.75) is 46.7 Å². The summed E-state index contributed by atoms with van der Waals surface area (Å²) in [6, 6.07) is 2.52. The zero-order chi connectivity index (χ0) is 15.6. The third kappa shape index (κ3) is 3.32. The number of aromatic nitrogens is 2. The molecule has 0 saturated carbocycles. The fourth-order valence-corrected chi connectivity index (χ4v) is 3.51. The first kappa shape index (κ1) is 15.7. The van der Waals surface area contributed by atoms with Crippen molar-refractivity contribution in [3.63, 3.8) is 0 Å². The molecular weight excluding hydrogens is 286 g/mol. The standard InChI is InChI=1S/C15H21N3O2S/c1-6-20-14(19)11-7-12-13(16-8-11)17-15(21-12)18(9(2)3)10(4)5/h7-10H,6H2,1-5H3. The Balaban J connectivity index is 2.39. The number of pyridine rings is 1. The van der Waals surface area contributed by atoms with Crippen molar-refractivity contribution in [1.82, 2.24) is 9.97 Å². The largest absolute Gasteiger partial charge is 0.462 e. The van der Waals surface area contributed by atoms with Gasteiger partial charge in [0.1, 0.15) is 0 Å². The van der Waals surface area contributed by atoms with Gasteiger partial charge in [0.05, 0.1) is 16.9 Å². The van der Waals surface area contributed by atoms with Gasteiger partial charge in [-0.25, -0.2) is 9.78 Å². The van der Waals surface area contributed by atoms with Crippen LogP contribution in [0.3, 0.4) is 0 Å². The van der Waals surface area contributed by atoms with Gasteiger partial charge < -0.3 is 9.64 Å². The lowest BCUT2D eigenvalue weighted by Gasteiger charge is -2.30. The summed E-state index contributed by atoms with van der Waals surface area (Å²) < 4.78 is 5.91. The van der Waals surface area contributed by atoms with Crippen LogP contribution in [0.2, 0.25) is 0 Å². The van der Waals surface area contributed by atoms with Crippen molar-refractivity contribution in [1.29, 1.82) is 0 Å². The summed E-state index contributed by atoms with van der Waals surface area (Å²) in [4.78, 5) is 22.9. The highest BCUT2D eigenvalue weighted by atomic mass is 32.1. The van der Waals surface area contributed by atoms with E-state index in [-0.39, 0.29) is 5.97 Å². The maximum absolute atomic E-state index is 11.8. The first-order valence-electron chi connectivity index (χ1n) is 7.16. The molecule has 5 nitrogen and oxygen atoms in total. The van der Waals surface area contributed by atoms with Crippen molar-refractivity contribution < 1.29 is 9.53 Å². The molecule has 0 aliphatic heterocycles. The van der Waals surface area contributed by atoms with E-state index in [9.17, 15) is 4.79 Å². The molecule has 0 radical (unpaired) electrons. The normalized spacial score (nSPS) is 11.4. The average Bonchev–Trinajstić information content (AvgIpc) is 2.79. The average molecular weight is 307 g/mol. The molecule has 0 N–H and O–H groups in total. The number of anilines is 1. The highest BCUT2D eigenvalue weighted by molar-refractivity contribution is 7.22. The summed E-state index contributed by atoms with van der Waals surface area (Å²) in [5, 5.41) is 0.934. The number of carbonyl (C=O) groups excluding carboxylic acids is 1. The molecule has 2 rings (SSSR count). The van der Waals surface area contributed by atoms with Crippen LogP contribution >= 0.6 is 11.3 Å². The molecule has 0 amide bonds. The lowest BCUT2D eigenvalue weighted by molar-refractivity contribution is 0.0526. The number of hydrogen-bond donors (Lipinski definition) is 0. The van der Waals surface area contributed by atoms with E-state index in [0.29, 0.717) is 29.9 Å². The van der Waals surface area contributed by atoms with Gasteiger partial charge in [-0.3, -0.25) is 0 Å². The topological polar surface area (TPSA) is 55.3 Å². The Morgan fingerprint density at radius 2 is 2.00 bits per heavy atom. The van der Waals surface area contributed by atoms with Crippen LogP contribution in [-0.4, -0.2) is 34.6 Å². The zero-order valence-electron chi connectivity index (χ0n) is 13.1. The minimum absolute atomic E-state index is 0.341. The van der Waals surface area contributed by atoms with E-state index in [1.165, 1.54) is 6.20 Å². The summed E-state index contributed by atoms with van der Waals surface area (Å²) in [7, 11) is 0. The van der Waals surface area contributed by atoms with Crippen LogP contribution < -0.4 is 4.90 Å². The van der Waals surface area contributed by atoms with Crippen LogP contribution in [0.1, 0.15) is 45.0 Å². The van der Waals surface area contributed by atoms with E-state index in [2.05, 4.69) is 42.6 Å². The Morgan fingerprint density at radius 3 is 2.57 bits per heavy atom. The third-order valence-corrected chi connectivity index (χ3v) is 4.09. The van der Waals surface area contributed by atoms with E-state index in [1.807, 2.05) is 0 Å². The molecular formula is C15H21N3O2S. The minimum Gasteiger partial charge on any atom is -0.462 e. The lowest BCUT2D eigenvalue weighted by Crippen LogP contribution is -2.36. The quantitative estimate of drug-likeness (QED) is 0.791. The van der Waals surface area contributed by atoms with Crippen molar-refractivity contribution >= 4 is 32.8 Å². The molecule has 21 heavy (non-hydrogen) atoms. The van der Waals surface area contributed by atoms with E-state index >= 15 is 0 Å². The van der Waals surface area contributed by atoms with Gasteiger partial charge in [0.2, 0.25) is 0 Å². The molecule has 114 valence electrons. The van der Waals surface area contributed by atoms with E-state index in [4.69, 9.17) is 4.74 Å². The second kappa shape index (κ2) is 6.39. The van der Waals surface area contributed by atoms with Gasteiger partial charge in [-0.15, -0.1) is 0 Å². The van der Waals surface area contributed by atoms with Crippen molar-refractivity contribution in [2.75, 3.05) is 11.5 Å². The Bertz CT molecular complexity index is 629. The van der Waals surface area contributed by atoms with E-state index < -0.39 is 0 Å². The van der Waals surface area contributed by atoms with Crippen LogP contribution in [-0.2, 0) is 4.74 Å². The van der Waals surface area contributed by atoms with E-state index in [1.54, 1.807) is 24.3 Å². The molecule has 2 aromatic heterocycles. The third-order valence-electron chi connectivity index (χ3n) is 3.08. The van der Waals surface area contributed by atoms with Crippen LogP contribution in [0.5, 0.6) is 0 Å². The fraction of sp³-hybridized carbons (Fsp3) is 0.533. The van der Waals surface area contributed by atoms with Gasteiger partial charge >= 0.3 is 5.97 Å². The Kier molecular flexibility index (Phi) is 4.77. The minimum atomic E-state index is -0.341. The van der Waals surface area contributed by atoms with Crippen molar-refractivity contribution in [3.05, 3.63) is 17.8 Å². The first-order chi connectivity index (χ1) is 9.93. The number of nitrogens with zero attached hydrogens (tertiary/aromatic N) is 3. The number of fused-ring (bicyclic) bond motifs is 1. The number of esters is 1. The van der Waals surface area contributed by atoms with Gasteiger partial charge in [0.15, 0.2) is 10.8 Å². The summed E-state index contributed by atoms with van der Waals surface area (Å²) in [5.41, 5.74) is 1.15. The molecule has 0 aliphatic rings. The molecule has 0 spiro atoms. The molecule has 2 aromatic rings. The van der Waals surface area contributed by atoms with Gasteiger partial charge in [-0.2, -0.15) is 4.98 Å². The maximum Gasteiger partial charge on any atom is 0.339 e. The molecule has 6 heteroatoms. The predicted octanol–water partition coefficient (Wildman–Crippen LogP) is 3.49. The number of thiazole rings is 1. The Morgan fingerprint density at radius 1 is 1.33 bits per heavy atom. The fourth-order valence-electron chi connectivity index (χ4n) is 2.28. The molecule has 2 heterocycles. The second-order valence-corrected chi connectivity index (χ2v) is 6.37. The summed E-state index contributed by atoms with van der Waals surface area (Å²) in [6.45, 7) is 10.7. The van der Waals surface area contributed by atoms with Gasteiger partial charge in [-0.1, -0.05) is 11.3 Å². The van der Waals surface area contributed by atoms with Crippen molar-refractivity contribution in [2.24, 2.45) is 0 Å². The molecule has 0 saturated heterocycles. The predicted molar refractivity (Wildman–Crippen MR) is 86.1 cm³/mol. The maximum atomic E-state index is 11.8. The van der Waals surface area contributed by atoms with Crippen LogP contribution in [0.4, 0.5) is 5.13 Å². The van der Waals surface area contributed by atoms with Gasteiger partial charge in [0.25, 0.3) is 0 Å². The number of hydrogen-bond acceptors (Lipinski definition) is 6. The Labute approximate surface area is 129 Å². The number of carbonyl (C=O) groups is 1. The zero-order valence-corrected chi connectivity index (χ0v) is 13.9. The van der Waals surface area contributed by atoms with Crippen LogP contribution in [0, 0.1) is 0 Å². The highest BCUT2D eigenvalue weighted by Crippen LogP contribution is 2.30. The summed E-state index contributed by atoms with van der Waals surface area (Å²) >= 11 is 1.56. The molecule has 0 aliphatic carbocycles.